The molecule has 1 aromatic heterocycles. The minimum Gasteiger partial charge on any atom is -0.321 e. The number of hydrogen-bond donors (Lipinski definition) is 2. The van der Waals surface area contributed by atoms with Gasteiger partial charge in [0, 0.05) is 11.1 Å². The van der Waals surface area contributed by atoms with Crippen LogP contribution in [0.3, 0.4) is 0 Å². The Morgan fingerprint density at radius 2 is 1.71 bits per heavy atom. The lowest BCUT2D eigenvalue weighted by molar-refractivity contribution is 0.102. The first-order valence-electron chi connectivity index (χ1n) is 6.87. The van der Waals surface area contributed by atoms with Gasteiger partial charge in [-0.3, -0.25) is 9.89 Å². The molecule has 0 aliphatic heterocycles. The quantitative estimate of drug-likeness (QED) is 0.750. The monoisotopic (exact) mass is 279 g/mol. The lowest BCUT2D eigenvalue weighted by Crippen LogP contribution is -2.13. The molecule has 0 unspecified atom stereocenters. The molecule has 106 valence electrons. The van der Waals surface area contributed by atoms with Crippen LogP contribution in [0.25, 0.3) is 10.9 Å². The number of nitrogens with zero attached hydrogens (tertiary/aromatic N) is 1. The molecule has 0 radical (unpaired) electrons. The van der Waals surface area contributed by atoms with Gasteiger partial charge in [0.2, 0.25) is 0 Å². The maximum atomic E-state index is 12.4. The molecule has 1 heterocycles. The number of fused-ring (bicyclic) bond motifs is 1. The minimum absolute atomic E-state index is 0.197. The molecular formula is C17H17N3O. The number of rotatable bonds is 2. The van der Waals surface area contributed by atoms with Crippen molar-refractivity contribution in [3.05, 3.63) is 58.8 Å². The summed E-state index contributed by atoms with van der Waals surface area (Å²) >= 11 is 0. The van der Waals surface area contributed by atoms with E-state index in [-0.39, 0.29) is 5.91 Å². The highest BCUT2D eigenvalue weighted by molar-refractivity contribution is 6.11. The van der Waals surface area contributed by atoms with Gasteiger partial charge in [0.1, 0.15) is 0 Å². The van der Waals surface area contributed by atoms with Gasteiger partial charge in [0.05, 0.1) is 5.52 Å². The summed E-state index contributed by atoms with van der Waals surface area (Å²) in [5.74, 6) is -0.197. The number of carbonyl (C=O) groups is 1. The summed E-state index contributed by atoms with van der Waals surface area (Å²) in [6.07, 6.45) is 0. The van der Waals surface area contributed by atoms with Crippen molar-refractivity contribution in [3.63, 3.8) is 0 Å². The predicted octanol–water partition coefficient (Wildman–Crippen LogP) is 3.74. The van der Waals surface area contributed by atoms with Crippen LogP contribution in [0.5, 0.6) is 0 Å². The summed E-state index contributed by atoms with van der Waals surface area (Å²) in [6.45, 7) is 6.02. The minimum atomic E-state index is -0.197. The van der Waals surface area contributed by atoms with Gasteiger partial charge in [-0.05, 0) is 56.2 Å². The highest BCUT2D eigenvalue weighted by atomic mass is 16.1. The van der Waals surface area contributed by atoms with E-state index in [9.17, 15) is 4.79 Å². The topological polar surface area (TPSA) is 57.8 Å². The molecule has 0 saturated carbocycles. The van der Waals surface area contributed by atoms with Crippen LogP contribution in [0.15, 0.2) is 36.4 Å². The van der Waals surface area contributed by atoms with E-state index >= 15 is 0 Å². The smallest absolute Gasteiger partial charge is 0.276 e. The summed E-state index contributed by atoms with van der Waals surface area (Å²) in [5.41, 5.74) is 5.42. The molecule has 0 bridgehead atoms. The van der Waals surface area contributed by atoms with Crippen LogP contribution < -0.4 is 5.32 Å². The molecule has 4 heteroatoms. The van der Waals surface area contributed by atoms with Gasteiger partial charge in [-0.2, -0.15) is 5.10 Å². The molecule has 0 aliphatic carbocycles. The average Bonchev–Trinajstić information content (AvgIpc) is 2.80. The summed E-state index contributed by atoms with van der Waals surface area (Å²) in [5, 5.41) is 10.8. The molecular weight excluding hydrogens is 262 g/mol. The second kappa shape index (κ2) is 5.05. The molecule has 0 aliphatic rings. The van der Waals surface area contributed by atoms with Gasteiger partial charge in [-0.15, -0.1) is 0 Å². The molecule has 4 nitrogen and oxygen atoms in total. The molecule has 1 amide bonds. The molecule has 3 rings (SSSR count). The number of benzene rings is 2. The van der Waals surface area contributed by atoms with Crippen LogP contribution in [-0.4, -0.2) is 16.1 Å². The molecule has 2 aromatic carbocycles. The Labute approximate surface area is 123 Å². The van der Waals surface area contributed by atoms with Crippen molar-refractivity contribution in [2.75, 3.05) is 5.32 Å². The van der Waals surface area contributed by atoms with Gasteiger partial charge in [-0.1, -0.05) is 17.7 Å². The molecule has 2 N–H and O–H groups in total. The summed E-state index contributed by atoms with van der Waals surface area (Å²) in [7, 11) is 0. The third kappa shape index (κ3) is 2.65. The molecule has 0 atom stereocenters. The molecule has 0 saturated heterocycles. The maximum Gasteiger partial charge on any atom is 0.276 e. The van der Waals surface area contributed by atoms with Gasteiger partial charge < -0.3 is 5.32 Å². The van der Waals surface area contributed by atoms with Gasteiger partial charge in [0.25, 0.3) is 5.91 Å². The third-order valence-electron chi connectivity index (χ3n) is 3.41. The van der Waals surface area contributed by atoms with E-state index in [2.05, 4.69) is 21.6 Å². The Morgan fingerprint density at radius 1 is 1.00 bits per heavy atom. The molecule has 0 fully saturated rings. The third-order valence-corrected chi connectivity index (χ3v) is 3.41. The summed E-state index contributed by atoms with van der Waals surface area (Å²) < 4.78 is 0. The zero-order chi connectivity index (χ0) is 15.0. The van der Waals surface area contributed by atoms with Crippen molar-refractivity contribution in [2.24, 2.45) is 0 Å². The fourth-order valence-corrected chi connectivity index (χ4v) is 2.54. The van der Waals surface area contributed by atoms with Gasteiger partial charge in [0.15, 0.2) is 5.69 Å². The van der Waals surface area contributed by atoms with Gasteiger partial charge >= 0.3 is 0 Å². The Morgan fingerprint density at radius 3 is 2.43 bits per heavy atom. The van der Waals surface area contributed by atoms with Crippen molar-refractivity contribution >= 4 is 22.5 Å². The van der Waals surface area contributed by atoms with Crippen molar-refractivity contribution in [1.82, 2.24) is 10.2 Å². The van der Waals surface area contributed by atoms with E-state index in [0.717, 1.165) is 33.3 Å². The zero-order valence-electron chi connectivity index (χ0n) is 12.3. The Balaban J connectivity index is 1.95. The SMILES string of the molecule is Cc1cc(C)cc(NC(=O)c2n[nH]c3ccc(C)cc23)c1. The second-order valence-corrected chi connectivity index (χ2v) is 5.45. The summed E-state index contributed by atoms with van der Waals surface area (Å²) in [4.78, 5) is 12.4. The molecule has 0 spiro atoms. The van der Waals surface area contributed by atoms with Crippen LogP contribution in [0.4, 0.5) is 5.69 Å². The Kier molecular flexibility index (Phi) is 3.22. The van der Waals surface area contributed by atoms with Crippen LogP contribution in [0, 0.1) is 20.8 Å². The number of anilines is 1. The lowest BCUT2D eigenvalue weighted by atomic mass is 10.1. The zero-order valence-corrected chi connectivity index (χ0v) is 12.3. The highest BCUT2D eigenvalue weighted by Crippen LogP contribution is 2.20. The Hall–Kier alpha value is -2.62. The van der Waals surface area contributed by atoms with E-state index in [1.54, 1.807) is 0 Å². The van der Waals surface area contributed by atoms with E-state index in [0.29, 0.717) is 5.69 Å². The average molecular weight is 279 g/mol. The van der Waals surface area contributed by atoms with Gasteiger partial charge in [-0.25, -0.2) is 0 Å². The van der Waals surface area contributed by atoms with Crippen molar-refractivity contribution in [3.8, 4) is 0 Å². The number of aryl methyl sites for hydroxylation is 3. The largest absolute Gasteiger partial charge is 0.321 e. The number of aromatic nitrogens is 2. The number of aromatic amines is 1. The number of amides is 1. The fraction of sp³-hybridized carbons (Fsp3) is 0.176. The second-order valence-electron chi connectivity index (χ2n) is 5.45. The number of hydrogen-bond acceptors (Lipinski definition) is 2. The van der Waals surface area contributed by atoms with Crippen molar-refractivity contribution < 1.29 is 4.79 Å². The normalized spacial score (nSPS) is 10.8. The van der Waals surface area contributed by atoms with Crippen LogP contribution in [0.2, 0.25) is 0 Å². The first-order chi connectivity index (χ1) is 10.0. The maximum absolute atomic E-state index is 12.4. The molecule has 21 heavy (non-hydrogen) atoms. The van der Waals surface area contributed by atoms with E-state index < -0.39 is 0 Å². The van der Waals surface area contributed by atoms with Crippen molar-refractivity contribution in [1.29, 1.82) is 0 Å². The highest BCUT2D eigenvalue weighted by Gasteiger charge is 2.14. The van der Waals surface area contributed by atoms with E-state index in [1.165, 1.54) is 0 Å². The fourth-order valence-electron chi connectivity index (χ4n) is 2.54. The predicted molar refractivity (Wildman–Crippen MR) is 84.7 cm³/mol. The first-order valence-corrected chi connectivity index (χ1v) is 6.87. The van der Waals surface area contributed by atoms with Crippen LogP contribution in [0.1, 0.15) is 27.2 Å². The summed E-state index contributed by atoms with van der Waals surface area (Å²) in [6, 6.07) is 11.9. The van der Waals surface area contributed by atoms with Crippen LogP contribution in [-0.2, 0) is 0 Å². The lowest BCUT2D eigenvalue weighted by Gasteiger charge is -2.06. The van der Waals surface area contributed by atoms with Crippen LogP contribution >= 0.6 is 0 Å². The van der Waals surface area contributed by atoms with Crippen molar-refractivity contribution in [2.45, 2.75) is 20.8 Å². The molecule has 3 aromatic rings. The number of H-pyrrole nitrogens is 1. The first kappa shape index (κ1) is 13.4. The Bertz CT molecular complexity index is 813. The van der Waals surface area contributed by atoms with E-state index in [4.69, 9.17) is 0 Å². The van der Waals surface area contributed by atoms with E-state index in [1.807, 2.05) is 51.1 Å². The standard InChI is InChI=1S/C17H17N3O/c1-10-4-5-15-14(9-10)16(20-19-15)17(21)18-13-7-11(2)6-12(3)8-13/h4-9H,1-3H3,(H,18,21)(H,19,20). The number of nitrogens with one attached hydrogen (secondary N) is 2. The number of carbonyl (C=O) groups excluding carboxylic acids is 1.